The van der Waals surface area contributed by atoms with E-state index in [0.717, 1.165) is 5.69 Å². The molecule has 2 aromatic heterocycles. The fraction of sp³-hybridized carbons (Fsp3) is 0.231. The van der Waals surface area contributed by atoms with Crippen LogP contribution in [-0.4, -0.2) is 28.8 Å². The van der Waals surface area contributed by atoms with E-state index in [0.29, 0.717) is 17.4 Å². The summed E-state index contributed by atoms with van der Waals surface area (Å²) in [6, 6.07) is 5.57. The Morgan fingerprint density at radius 3 is 3.20 bits per heavy atom. The molecule has 0 aliphatic carbocycles. The summed E-state index contributed by atoms with van der Waals surface area (Å²) >= 11 is 1.38. The van der Waals surface area contributed by atoms with E-state index in [1.165, 1.54) is 11.3 Å². The van der Waals surface area contributed by atoms with E-state index in [2.05, 4.69) is 20.5 Å². The lowest BCUT2D eigenvalue weighted by Gasteiger charge is -1.98. The molecule has 0 aliphatic heterocycles. The molecular weight excluding hydrogens is 276 g/mol. The first kappa shape index (κ1) is 14.1. The predicted molar refractivity (Wildman–Crippen MR) is 77.9 cm³/mol. The number of hydrazone groups is 1. The van der Waals surface area contributed by atoms with E-state index in [9.17, 15) is 4.79 Å². The molecule has 0 saturated heterocycles. The summed E-state index contributed by atoms with van der Waals surface area (Å²) in [7, 11) is 0. The summed E-state index contributed by atoms with van der Waals surface area (Å²) in [4.78, 5) is 19.6. The molecule has 2 rings (SSSR count). The zero-order chi connectivity index (χ0) is 14.2. The second kappa shape index (κ2) is 7.34. The Morgan fingerprint density at radius 1 is 1.55 bits per heavy atom. The van der Waals surface area contributed by atoms with Crippen LogP contribution in [0.25, 0.3) is 0 Å². The second-order valence-corrected chi connectivity index (χ2v) is 4.61. The van der Waals surface area contributed by atoms with E-state index >= 15 is 0 Å². The number of esters is 1. The Labute approximate surface area is 120 Å². The molecule has 20 heavy (non-hydrogen) atoms. The van der Waals surface area contributed by atoms with Gasteiger partial charge in [0.15, 0.2) is 0 Å². The lowest BCUT2D eigenvalue weighted by molar-refractivity contribution is -0.142. The molecule has 0 amide bonds. The van der Waals surface area contributed by atoms with Crippen molar-refractivity contribution in [2.75, 3.05) is 12.0 Å². The van der Waals surface area contributed by atoms with Gasteiger partial charge in [0.25, 0.3) is 0 Å². The molecule has 2 aromatic rings. The molecule has 1 N–H and O–H groups in total. The quantitative estimate of drug-likeness (QED) is 0.501. The first-order chi connectivity index (χ1) is 9.78. The third-order valence-electron chi connectivity index (χ3n) is 2.23. The van der Waals surface area contributed by atoms with E-state index in [-0.39, 0.29) is 12.4 Å². The zero-order valence-electron chi connectivity index (χ0n) is 10.9. The molecular formula is C13H14N4O2S. The minimum Gasteiger partial charge on any atom is -0.466 e. The van der Waals surface area contributed by atoms with Gasteiger partial charge in [0.05, 0.1) is 30.6 Å². The van der Waals surface area contributed by atoms with Gasteiger partial charge in [-0.25, -0.2) is 4.98 Å². The van der Waals surface area contributed by atoms with Gasteiger partial charge in [-0.15, -0.1) is 11.3 Å². The molecule has 0 fully saturated rings. The van der Waals surface area contributed by atoms with Crippen LogP contribution in [0.4, 0.5) is 5.13 Å². The van der Waals surface area contributed by atoms with Gasteiger partial charge in [0.1, 0.15) is 0 Å². The number of rotatable bonds is 6. The van der Waals surface area contributed by atoms with Crippen LogP contribution in [0.3, 0.4) is 0 Å². The summed E-state index contributed by atoms with van der Waals surface area (Å²) in [6.45, 7) is 2.15. The predicted octanol–water partition coefficient (Wildman–Crippen LogP) is 2.09. The van der Waals surface area contributed by atoms with E-state index < -0.39 is 0 Å². The maximum Gasteiger partial charge on any atom is 0.311 e. The number of carbonyl (C=O) groups is 1. The van der Waals surface area contributed by atoms with Gasteiger partial charge < -0.3 is 4.74 Å². The number of aromatic nitrogens is 2. The summed E-state index contributed by atoms with van der Waals surface area (Å²) in [5, 5.41) is 6.46. The molecule has 0 bridgehead atoms. The molecule has 0 unspecified atom stereocenters. The van der Waals surface area contributed by atoms with E-state index in [1.54, 1.807) is 24.7 Å². The van der Waals surface area contributed by atoms with Crippen LogP contribution >= 0.6 is 11.3 Å². The van der Waals surface area contributed by atoms with Crippen LogP contribution < -0.4 is 5.43 Å². The average Bonchev–Trinajstić information content (AvgIpc) is 2.88. The normalized spacial score (nSPS) is 10.7. The Kier molecular flexibility index (Phi) is 5.19. The van der Waals surface area contributed by atoms with Gasteiger partial charge in [-0.1, -0.05) is 6.07 Å². The Bertz CT molecular complexity index is 583. The molecule has 7 heteroatoms. The van der Waals surface area contributed by atoms with Crippen molar-refractivity contribution >= 4 is 28.7 Å². The number of hydrogen-bond acceptors (Lipinski definition) is 7. The number of pyridine rings is 1. The summed E-state index contributed by atoms with van der Waals surface area (Å²) in [5.74, 6) is -0.277. The van der Waals surface area contributed by atoms with Crippen molar-refractivity contribution in [2.45, 2.75) is 13.3 Å². The molecule has 0 aliphatic rings. The summed E-state index contributed by atoms with van der Waals surface area (Å²) in [5.41, 5.74) is 4.23. The molecule has 6 nitrogen and oxygen atoms in total. The molecule has 0 radical (unpaired) electrons. The number of carbonyl (C=O) groups excluding carboxylic acids is 1. The lowest BCUT2D eigenvalue weighted by Crippen LogP contribution is -2.07. The Hall–Kier alpha value is -2.28. The fourth-order valence-electron chi connectivity index (χ4n) is 1.41. The third kappa shape index (κ3) is 4.43. The monoisotopic (exact) mass is 290 g/mol. The SMILES string of the molecule is CCOC(=O)Cc1csc(N/N=C/c2ccccn2)n1. The molecule has 0 saturated carbocycles. The first-order valence-electron chi connectivity index (χ1n) is 6.08. The van der Waals surface area contributed by atoms with Gasteiger partial charge in [-0.05, 0) is 19.1 Å². The number of hydrogen-bond donors (Lipinski definition) is 1. The summed E-state index contributed by atoms with van der Waals surface area (Å²) < 4.78 is 4.86. The van der Waals surface area contributed by atoms with E-state index in [1.807, 2.05) is 18.2 Å². The number of nitrogens with zero attached hydrogens (tertiary/aromatic N) is 3. The van der Waals surface area contributed by atoms with E-state index in [4.69, 9.17) is 4.74 Å². The molecule has 0 spiro atoms. The lowest BCUT2D eigenvalue weighted by atomic mass is 10.3. The zero-order valence-corrected chi connectivity index (χ0v) is 11.8. The van der Waals surface area contributed by atoms with Crippen molar-refractivity contribution in [3.05, 3.63) is 41.2 Å². The first-order valence-corrected chi connectivity index (χ1v) is 6.96. The highest BCUT2D eigenvalue weighted by atomic mass is 32.1. The van der Waals surface area contributed by atoms with Gasteiger partial charge in [-0.2, -0.15) is 5.10 Å². The highest BCUT2D eigenvalue weighted by Gasteiger charge is 2.07. The van der Waals surface area contributed by atoms with Crippen molar-refractivity contribution in [2.24, 2.45) is 5.10 Å². The van der Waals surface area contributed by atoms with Crippen LogP contribution in [-0.2, 0) is 16.0 Å². The van der Waals surface area contributed by atoms with Crippen LogP contribution in [0.5, 0.6) is 0 Å². The average molecular weight is 290 g/mol. The second-order valence-electron chi connectivity index (χ2n) is 3.75. The molecule has 0 atom stereocenters. The minimum atomic E-state index is -0.277. The minimum absolute atomic E-state index is 0.177. The van der Waals surface area contributed by atoms with Gasteiger partial charge in [0, 0.05) is 11.6 Å². The topological polar surface area (TPSA) is 76.5 Å². The number of thiazole rings is 1. The maximum absolute atomic E-state index is 11.3. The van der Waals surface area contributed by atoms with Crippen molar-refractivity contribution < 1.29 is 9.53 Å². The van der Waals surface area contributed by atoms with Crippen LogP contribution in [0, 0.1) is 0 Å². The van der Waals surface area contributed by atoms with Crippen LogP contribution in [0.2, 0.25) is 0 Å². The standard InChI is InChI=1S/C13H14N4O2S/c1-2-19-12(18)7-11-9-20-13(16-11)17-15-8-10-5-3-4-6-14-10/h3-6,8-9H,2,7H2,1H3,(H,16,17)/b15-8+. The van der Waals surface area contributed by atoms with Crippen molar-refractivity contribution in [1.82, 2.24) is 9.97 Å². The fourth-order valence-corrected chi connectivity index (χ4v) is 2.06. The van der Waals surface area contributed by atoms with Crippen molar-refractivity contribution in [1.29, 1.82) is 0 Å². The largest absolute Gasteiger partial charge is 0.466 e. The van der Waals surface area contributed by atoms with Crippen LogP contribution in [0.15, 0.2) is 34.9 Å². The molecule has 2 heterocycles. The smallest absolute Gasteiger partial charge is 0.311 e. The number of nitrogens with one attached hydrogen (secondary N) is 1. The Morgan fingerprint density at radius 2 is 2.45 bits per heavy atom. The third-order valence-corrected chi connectivity index (χ3v) is 3.02. The summed E-state index contributed by atoms with van der Waals surface area (Å²) in [6.07, 6.45) is 3.48. The van der Waals surface area contributed by atoms with Gasteiger partial charge in [-0.3, -0.25) is 15.2 Å². The van der Waals surface area contributed by atoms with Gasteiger partial charge >= 0.3 is 5.97 Å². The Balaban J connectivity index is 1.87. The molecule has 0 aromatic carbocycles. The van der Waals surface area contributed by atoms with Crippen LogP contribution in [0.1, 0.15) is 18.3 Å². The number of anilines is 1. The highest BCUT2D eigenvalue weighted by molar-refractivity contribution is 7.13. The van der Waals surface area contributed by atoms with Crippen molar-refractivity contribution in [3.63, 3.8) is 0 Å². The molecule has 104 valence electrons. The van der Waals surface area contributed by atoms with Crippen molar-refractivity contribution in [3.8, 4) is 0 Å². The highest BCUT2D eigenvalue weighted by Crippen LogP contribution is 2.15. The van der Waals surface area contributed by atoms with Gasteiger partial charge in [0.2, 0.25) is 5.13 Å². The number of ether oxygens (including phenoxy) is 1. The maximum atomic E-state index is 11.3.